The highest BCUT2D eigenvalue weighted by atomic mass is 79.9. The van der Waals surface area contributed by atoms with E-state index in [-0.39, 0.29) is 6.54 Å². The number of halogens is 1. The number of primary amides is 1. The van der Waals surface area contributed by atoms with Crippen LogP contribution < -0.4 is 15.8 Å². The Morgan fingerprint density at radius 1 is 1.20 bits per heavy atom. The highest BCUT2D eigenvalue weighted by molar-refractivity contribution is 9.10. The van der Waals surface area contributed by atoms with E-state index < -0.39 is 17.5 Å². The number of piperidine rings is 1. The van der Waals surface area contributed by atoms with Gasteiger partial charge in [-0.3, -0.25) is 14.5 Å². The molecule has 0 radical (unpaired) electrons. The smallest absolute Gasteiger partial charge is 0.266 e. The first-order valence-electron chi connectivity index (χ1n) is 9.77. The highest BCUT2D eigenvalue weighted by Crippen LogP contribution is 2.19. The first kappa shape index (κ1) is 22.2. The van der Waals surface area contributed by atoms with Crippen molar-refractivity contribution >= 4 is 27.7 Å². The van der Waals surface area contributed by atoms with Crippen LogP contribution in [0.1, 0.15) is 35.2 Å². The molecular formula is C21H25BrN4O4. The minimum absolute atomic E-state index is 0.268. The van der Waals surface area contributed by atoms with E-state index in [4.69, 9.17) is 10.5 Å². The third-order valence-corrected chi connectivity index (χ3v) is 5.52. The van der Waals surface area contributed by atoms with Crippen molar-refractivity contribution in [2.24, 2.45) is 5.73 Å². The van der Waals surface area contributed by atoms with Gasteiger partial charge in [-0.05, 0) is 70.7 Å². The number of pyridine rings is 1. The summed E-state index contributed by atoms with van der Waals surface area (Å²) in [5, 5.41) is 13.4. The molecule has 2 aromatic rings. The number of likely N-dealkylation sites (tertiary alicyclic amines) is 1. The summed E-state index contributed by atoms with van der Waals surface area (Å²) in [6, 6.07) is 10.3. The van der Waals surface area contributed by atoms with Crippen molar-refractivity contribution in [1.29, 1.82) is 0 Å². The van der Waals surface area contributed by atoms with E-state index >= 15 is 0 Å². The van der Waals surface area contributed by atoms with Crippen molar-refractivity contribution in [3.05, 3.63) is 58.3 Å². The van der Waals surface area contributed by atoms with Gasteiger partial charge in [-0.25, -0.2) is 4.98 Å². The minimum atomic E-state index is -1.89. The van der Waals surface area contributed by atoms with Gasteiger partial charge in [0.1, 0.15) is 17.0 Å². The Morgan fingerprint density at radius 2 is 1.90 bits per heavy atom. The Hall–Kier alpha value is -2.49. The molecule has 2 heterocycles. The lowest BCUT2D eigenvalue weighted by atomic mass is 10.0. The molecule has 8 nitrogen and oxygen atoms in total. The van der Waals surface area contributed by atoms with E-state index in [0.717, 1.165) is 29.4 Å². The van der Waals surface area contributed by atoms with Crippen molar-refractivity contribution in [2.45, 2.75) is 31.6 Å². The fourth-order valence-electron chi connectivity index (χ4n) is 3.33. The van der Waals surface area contributed by atoms with Crippen LogP contribution in [0.5, 0.6) is 5.75 Å². The number of amides is 2. The summed E-state index contributed by atoms with van der Waals surface area (Å²) < 4.78 is 6.45. The van der Waals surface area contributed by atoms with Gasteiger partial charge in [0.15, 0.2) is 0 Å². The number of aromatic nitrogens is 1. The molecule has 1 aliphatic rings. The van der Waals surface area contributed by atoms with Gasteiger partial charge in [0.2, 0.25) is 5.72 Å². The van der Waals surface area contributed by atoms with Crippen LogP contribution in [0.4, 0.5) is 0 Å². The zero-order valence-electron chi connectivity index (χ0n) is 16.5. The average molecular weight is 477 g/mol. The quantitative estimate of drug-likeness (QED) is 0.500. The van der Waals surface area contributed by atoms with Crippen LogP contribution in [0.25, 0.3) is 0 Å². The van der Waals surface area contributed by atoms with Crippen molar-refractivity contribution in [3.63, 3.8) is 0 Å². The molecule has 0 spiro atoms. The number of carbonyl (C=O) groups excluding carboxylic acids is 2. The molecule has 0 unspecified atom stereocenters. The van der Waals surface area contributed by atoms with Gasteiger partial charge in [0.25, 0.3) is 11.8 Å². The fourth-order valence-corrected chi connectivity index (χ4v) is 3.74. The number of nitrogens with two attached hydrogens (primary N) is 1. The van der Waals surface area contributed by atoms with Crippen LogP contribution in [-0.2, 0) is 11.4 Å². The van der Waals surface area contributed by atoms with E-state index in [0.29, 0.717) is 31.0 Å². The van der Waals surface area contributed by atoms with Crippen LogP contribution in [0.3, 0.4) is 0 Å². The minimum Gasteiger partial charge on any atom is -0.489 e. The second kappa shape index (κ2) is 10.0. The lowest BCUT2D eigenvalue weighted by Gasteiger charge is -2.39. The second-order valence-electron chi connectivity index (χ2n) is 7.21. The van der Waals surface area contributed by atoms with Gasteiger partial charge in [-0.2, -0.15) is 0 Å². The Kier molecular flexibility index (Phi) is 7.41. The summed E-state index contributed by atoms with van der Waals surface area (Å²) in [6.45, 7) is 1.23. The van der Waals surface area contributed by atoms with Gasteiger partial charge >= 0.3 is 0 Å². The van der Waals surface area contributed by atoms with Crippen molar-refractivity contribution in [3.8, 4) is 5.75 Å². The lowest BCUT2D eigenvalue weighted by molar-refractivity contribution is -0.161. The molecule has 1 aliphatic heterocycles. The van der Waals surface area contributed by atoms with Crippen molar-refractivity contribution in [1.82, 2.24) is 15.2 Å². The first-order valence-corrected chi connectivity index (χ1v) is 10.6. The highest BCUT2D eigenvalue weighted by Gasteiger charge is 2.41. The summed E-state index contributed by atoms with van der Waals surface area (Å²) in [5.74, 6) is -0.658. The Balaban J connectivity index is 1.56. The molecule has 0 bridgehead atoms. The Bertz CT molecular complexity index is 887. The SMILES string of the molecule is NC(=O)[C@@](O)(CNC(=O)c1ccc(OCc2ccnc(Br)c2)cc1)N1CCCCC1. The Labute approximate surface area is 183 Å². The number of nitrogens with one attached hydrogen (secondary N) is 1. The maximum absolute atomic E-state index is 12.5. The normalized spacial score (nSPS) is 16.5. The molecule has 30 heavy (non-hydrogen) atoms. The van der Waals surface area contributed by atoms with E-state index in [1.807, 2.05) is 12.1 Å². The number of ether oxygens (including phenoxy) is 1. The number of aliphatic hydroxyl groups is 1. The summed E-state index contributed by atoms with van der Waals surface area (Å²) in [5.41, 5.74) is 4.89. The van der Waals surface area contributed by atoms with Gasteiger partial charge in [0, 0.05) is 24.8 Å². The second-order valence-corrected chi connectivity index (χ2v) is 8.02. The fraction of sp³-hybridized carbons (Fsp3) is 0.381. The number of nitrogens with zero attached hydrogens (tertiary/aromatic N) is 2. The lowest BCUT2D eigenvalue weighted by Crippen LogP contribution is -2.64. The van der Waals surface area contributed by atoms with E-state index in [2.05, 4.69) is 26.2 Å². The van der Waals surface area contributed by atoms with Gasteiger partial charge < -0.3 is 20.9 Å². The van der Waals surface area contributed by atoms with Crippen LogP contribution in [0.15, 0.2) is 47.2 Å². The Morgan fingerprint density at radius 3 is 2.53 bits per heavy atom. The zero-order chi connectivity index (χ0) is 21.6. The van der Waals surface area contributed by atoms with Gasteiger partial charge in [0.05, 0.1) is 6.54 Å². The molecule has 0 aliphatic carbocycles. The molecule has 1 atom stereocenters. The van der Waals surface area contributed by atoms with Gasteiger partial charge in [-0.1, -0.05) is 6.42 Å². The largest absolute Gasteiger partial charge is 0.489 e. The van der Waals surface area contributed by atoms with E-state index in [1.165, 1.54) is 0 Å². The van der Waals surface area contributed by atoms with Crippen LogP contribution in [-0.4, -0.2) is 52.2 Å². The summed E-state index contributed by atoms with van der Waals surface area (Å²) in [6.07, 6.45) is 4.49. The molecule has 1 aromatic carbocycles. The number of benzene rings is 1. The third-order valence-electron chi connectivity index (χ3n) is 5.08. The monoisotopic (exact) mass is 476 g/mol. The zero-order valence-corrected chi connectivity index (χ0v) is 18.1. The average Bonchev–Trinajstić information content (AvgIpc) is 2.76. The third kappa shape index (κ3) is 5.56. The maximum atomic E-state index is 12.5. The number of carbonyl (C=O) groups is 2. The molecule has 160 valence electrons. The molecule has 1 aromatic heterocycles. The number of hydrogen-bond acceptors (Lipinski definition) is 6. The molecule has 3 rings (SSSR count). The van der Waals surface area contributed by atoms with Gasteiger partial charge in [-0.15, -0.1) is 0 Å². The molecule has 4 N–H and O–H groups in total. The summed E-state index contributed by atoms with van der Waals surface area (Å²) in [7, 11) is 0. The first-order chi connectivity index (χ1) is 14.4. The predicted octanol–water partition coefficient (Wildman–Crippen LogP) is 1.81. The van der Waals surface area contributed by atoms with Crippen molar-refractivity contribution < 1.29 is 19.4 Å². The van der Waals surface area contributed by atoms with Crippen LogP contribution in [0, 0.1) is 0 Å². The maximum Gasteiger partial charge on any atom is 0.266 e. The predicted molar refractivity (Wildman–Crippen MR) is 115 cm³/mol. The van der Waals surface area contributed by atoms with Crippen LogP contribution >= 0.6 is 15.9 Å². The molecule has 9 heteroatoms. The molecule has 1 saturated heterocycles. The molecule has 0 saturated carbocycles. The van der Waals surface area contributed by atoms with E-state index in [9.17, 15) is 14.7 Å². The molecular weight excluding hydrogens is 452 g/mol. The molecule has 1 fully saturated rings. The topological polar surface area (TPSA) is 118 Å². The summed E-state index contributed by atoms with van der Waals surface area (Å²) >= 11 is 3.32. The summed E-state index contributed by atoms with van der Waals surface area (Å²) in [4.78, 5) is 30.1. The standard InChI is InChI=1S/C21H25BrN4O4/c22-18-12-15(8-9-24-18)13-30-17-6-4-16(5-7-17)19(27)25-14-21(29,20(23)28)26-10-2-1-3-11-26/h4-9,12,29H,1-3,10-11,13-14H2,(H2,23,28)(H,25,27)/t21-/m0/s1. The number of rotatable bonds is 8. The van der Waals surface area contributed by atoms with Crippen LogP contribution in [0.2, 0.25) is 0 Å². The molecule has 2 amide bonds. The van der Waals surface area contributed by atoms with E-state index in [1.54, 1.807) is 35.4 Å². The number of hydrogen-bond donors (Lipinski definition) is 3. The van der Waals surface area contributed by atoms with Crippen molar-refractivity contribution in [2.75, 3.05) is 19.6 Å².